The zero-order valence-corrected chi connectivity index (χ0v) is 26.6. The van der Waals surface area contributed by atoms with Gasteiger partial charge in [0, 0.05) is 39.2 Å². The van der Waals surface area contributed by atoms with Crippen LogP contribution < -0.4 is 15.2 Å². The van der Waals surface area contributed by atoms with E-state index in [9.17, 15) is 13.5 Å². The van der Waals surface area contributed by atoms with Crippen LogP contribution in [0.4, 0.5) is 0 Å². The van der Waals surface area contributed by atoms with Crippen LogP contribution in [0.25, 0.3) is 0 Å². The first-order chi connectivity index (χ1) is 20.1. The number of ether oxygens (including phenoxy) is 3. The van der Waals surface area contributed by atoms with E-state index in [1.165, 1.54) is 0 Å². The first-order valence-electron chi connectivity index (χ1n) is 15.7. The lowest BCUT2D eigenvalue weighted by molar-refractivity contribution is -0.180. The highest BCUT2D eigenvalue weighted by molar-refractivity contribution is 7.89. The van der Waals surface area contributed by atoms with Crippen molar-refractivity contribution in [3.8, 4) is 5.75 Å². The van der Waals surface area contributed by atoms with Gasteiger partial charge in [0.1, 0.15) is 5.75 Å². The van der Waals surface area contributed by atoms with Crippen LogP contribution in [0.1, 0.15) is 107 Å². The summed E-state index contributed by atoms with van der Waals surface area (Å²) >= 11 is 0. The molecular formula is C33H52N2O6S. The molecule has 0 unspecified atom stereocenters. The number of fused-ring (bicyclic) bond motifs is 1. The first kappa shape index (κ1) is 34.5. The van der Waals surface area contributed by atoms with Gasteiger partial charge in [0.05, 0.1) is 17.6 Å². The van der Waals surface area contributed by atoms with Crippen molar-refractivity contribution in [2.45, 2.75) is 115 Å². The smallest absolute Gasteiger partial charge is 0.238 e. The Balaban J connectivity index is 1.20. The molecule has 0 aromatic heterocycles. The van der Waals surface area contributed by atoms with Gasteiger partial charge < -0.3 is 24.6 Å². The minimum absolute atomic E-state index is 0.221. The summed E-state index contributed by atoms with van der Waals surface area (Å²) in [7, 11) is -3.70. The lowest BCUT2D eigenvalue weighted by Gasteiger charge is -2.33. The molecule has 4 N–H and O–H groups in total. The molecule has 0 fully saturated rings. The van der Waals surface area contributed by atoms with E-state index in [1.807, 2.05) is 32.0 Å². The van der Waals surface area contributed by atoms with E-state index in [0.717, 1.165) is 118 Å². The van der Waals surface area contributed by atoms with Crippen molar-refractivity contribution in [2.75, 3.05) is 26.3 Å². The van der Waals surface area contributed by atoms with E-state index in [2.05, 4.69) is 18.3 Å². The summed E-state index contributed by atoms with van der Waals surface area (Å²) in [4.78, 5) is 0.221. The maximum Gasteiger partial charge on any atom is 0.238 e. The number of unbranched alkanes of at least 4 members (excludes halogenated alkanes) is 6. The highest BCUT2D eigenvalue weighted by Gasteiger charge is 2.27. The molecule has 0 radical (unpaired) electrons. The summed E-state index contributed by atoms with van der Waals surface area (Å²) < 4.78 is 41.2. The highest BCUT2D eigenvalue weighted by atomic mass is 32.2. The van der Waals surface area contributed by atoms with E-state index in [4.69, 9.17) is 19.3 Å². The lowest BCUT2D eigenvalue weighted by Crippen LogP contribution is -2.35. The van der Waals surface area contributed by atoms with Gasteiger partial charge >= 0.3 is 0 Å². The van der Waals surface area contributed by atoms with Gasteiger partial charge in [-0.3, -0.25) is 0 Å². The second-order valence-corrected chi connectivity index (χ2v) is 13.4. The summed E-state index contributed by atoms with van der Waals surface area (Å²) in [5, 5.41) is 19.3. The van der Waals surface area contributed by atoms with Gasteiger partial charge in [0.2, 0.25) is 15.8 Å². The molecule has 0 aliphatic carbocycles. The predicted octanol–water partition coefficient (Wildman–Crippen LogP) is 5.93. The minimum atomic E-state index is -3.70. The molecule has 8 nitrogen and oxygen atoms in total. The number of primary sulfonamides is 1. The number of nitrogens with two attached hydrogens (primary N) is 1. The summed E-state index contributed by atoms with van der Waals surface area (Å²) in [6.45, 7) is 9.30. The van der Waals surface area contributed by atoms with Crippen LogP contribution in [0.3, 0.4) is 0 Å². The fourth-order valence-corrected chi connectivity index (χ4v) is 5.76. The van der Waals surface area contributed by atoms with Crippen LogP contribution in [0.5, 0.6) is 5.75 Å². The Kier molecular flexibility index (Phi) is 14.2. The summed E-state index contributed by atoms with van der Waals surface area (Å²) in [6, 6.07) is 11.4. The Hall–Kier alpha value is -2.01. The second-order valence-electron chi connectivity index (χ2n) is 11.8. The monoisotopic (exact) mass is 604 g/mol. The van der Waals surface area contributed by atoms with E-state index in [0.29, 0.717) is 13.2 Å². The molecule has 1 heterocycles. The van der Waals surface area contributed by atoms with Crippen LogP contribution >= 0.6 is 0 Å². The molecule has 2 aromatic carbocycles. The van der Waals surface area contributed by atoms with Gasteiger partial charge in [-0.15, -0.1) is 0 Å². The quantitative estimate of drug-likeness (QED) is 0.160. The fourth-order valence-electron chi connectivity index (χ4n) is 5.13. The first-order valence-corrected chi connectivity index (χ1v) is 17.2. The van der Waals surface area contributed by atoms with Crippen molar-refractivity contribution in [1.82, 2.24) is 5.32 Å². The Morgan fingerprint density at radius 2 is 1.62 bits per heavy atom. The Morgan fingerprint density at radius 1 is 0.952 bits per heavy atom. The minimum Gasteiger partial charge on any atom is -0.463 e. The van der Waals surface area contributed by atoms with Gasteiger partial charge in [0.25, 0.3) is 0 Å². The number of benzene rings is 2. The molecule has 1 aliphatic rings. The summed E-state index contributed by atoms with van der Waals surface area (Å²) in [5.74, 6) is 0.201. The molecule has 0 spiro atoms. The van der Waals surface area contributed by atoms with E-state index in [-0.39, 0.29) is 4.90 Å². The molecule has 42 heavy (non-hydrogen) atoms. The zero-order chi connectivity index (χ0) is 30.4. The van der Waals surface area contributed by atoms with Crippen LogP contribution in [-0.4, -0.2) is 45.6 Å². The Bertz CT molecular complexity index is 1200. The van der Waals surface area contributed by atoms with Crippen LogP contribution in [-0.2, 0) is 38.9 Å². The molecule has 0 saturated heterocycles. The molecule has 3 rings (SSSR count). The molecule has 0 bridgehead atoms. The molecule has 0 amide bonds. The molecule has 1 aliphatic heterocycles. The number of aliphatic hydroxyl groups excluding tert-OH is 1. The number of aliphatic hydroxyl groups is 1. The molecule has 1 atom stereocenters. The highest BCUT2D eigenvalue weighted by Crippen LogP contribution is 2.32. The SMILES string of the molecule is CCCCCc1cc(CCCCOCCCCCCNC[C@@H](O)c2ccc3c(c2)COC(C)(C)O3)cc(S(N)(=O)=O)c1. The van der Waals surface area contributed by atoms with Crippen molar-refractivity contribution in [3.05, 3.63) is 58.7 Å². The molecular weight excluding hydrogens is 552 g/mol. The maximum atomic E-state index is 11.9. The van der Waals surface area contributed by atoms with Crippen molar-refractivity contribution >= 4 is 10.0 Å². The average Bonchev–Trinajstić information content (AvgIpc) is 2.94. The topological polar surface area (TPSA) is 120 Å². The summed E-state index contributed by atoms with van der Waals surface area (Å²) in [6.07, 6.45) is 10.7. The maximum absolute atomic E-state index is 11.9. The fraction of sp³-hybridized carbons (Fsp3) is 0.636. The van der Waals surface area contributed by atoms with Crippen LogP contribution in [0.2, 0.25) is 0 Å². The third-order valence-corrected chi connectivity index (χ3v) is 8.45. The number of aryl methyl sites for hydroxylation is 2. The third kappa shape index (κ3) is 12.3. The van der Waals surface area contributed by atoms with Gasteiger partial charge in [-0.2, -0.15) is 0 Å². The van der Waals surface area contributed by atoms with E-state index < -0.39 is 21.9 Å². The molecule has 236 valence electrons. The summed E-state index contributed by atoms with van der Waals surface area (Å²) in [5.41, 5.74) is 3.92. The molecule has 2 aromatic rings. The van der Waals surface area contributed by atoms with Crippen molar-refractivity contribution in [3.63, 3.8) is 0 Å². The van der Waals surface area contributed by atoms with Crippen LogP contribution in [0, 0.1) is 0 Å². The number of nitrogens with one attached hydrogen (secondary N) is 1. The number of rotatable bonds is 20. The van der Waals surface area contributed by atoms with Crippen LogP contribution in [0.15, 0.2) is 41.3 Å². The number of hydrogen-bond donors (Lipinski definition) is 3. The van der Waals surface area contributed by atoms with E-state index >= 15 is 0 Å². The molecule has 0 saturated carbocycles. The van der Waals surface area contributed by atoms with Gasteiger partial charge in [-0.25, -0.2) is 13.6 Å². The van der Waals surface area contributed by atoms with E-state index in [1.54, 1.807) is 12.1 Å². The largest absolute Gasteiger partial charge is 0.463 e. The number of sulfonamides is 1. The Morgan fingerprint density at radius 3 is 2.31 bits per heavy atom. The van der Waals surface area contributed by atoms with Gasteiger partial charge in [-0.05, 0) is 92.4 Å². The van der Waals surface area contributed by atoms with Gasteiger partial charge in [0.15, 0.2) is 0 Å². The standard InChI is InChI=1S/C33H52N2O6S/c1-4-5-8-13-26-20-27(22-30(21-26)42(34,37)38)14-9-12-19-39-18-11-7-6-10-17-35-24-31(36)28-15-16-32-29(23-28)25-40-33(2,3)41-32/h15-16,20-23,31,35-36H,4-14,17-19,24-25H2,1-3H3,(H2,34,37,38)/t31-/m1/s1. The van der Waals surface area contributed by atoms with Gasteiger partial charge in [-0.1, -0.05) is 44.7 Å². The predicted molar refractivity (Wildman–Crippen MR) is 167 cm³/mol. The average molecular weight is 605 g/mol. The zero-order valence-electron chi connectivity index (χ0n) is 25.8. The second kappa shape index (κ2) is 17.3. The Labute approximate surface area is 253 Å². The van der Waals surface area contributed by atoms with Crippen molar-refractivity contribution in [2.24, 2.45) is 5.14 Å². The lowest BCUT2D eigenvalue weighted by atomic mass is 10.0. The molecule has 9 heteroatoms. The normalized spacial score (nSPS) is 15.3. The van der Waals surface area contributed by atoms with Crippen molar-refractivity contribution in [1.29, 1.82) is 0 Å². The van der Waals surface area contributed by atoms with Crippen molar-refractivity contribution < 1.29 is 27.7 Å². The third-order valence-electron chi connectivity index (χ3n) is 7.56. The number of hydrogen-bond acceptors (Lipinski definition) is 7.